The molecule has 0 fully saturated rings. The molecule has 9 heteroatoms. The third-order valence-electron chi connectivity index (χ3n) is 4.34. The molecular weight excluding hydrogens is 368 g/mol. The molecule has 0 radical (unpaired) electrons. The standard InChI is InChI=1S/C19H18N2O7/c1-25-15-6-10(14(21(23)24)9-18(15)28-4)5-12-11-7-16(26-2)17(27-3)8-13(11)20-19(12)22/h5-9H,1-4H3,(H,20,22). The first-order valence-corrected chi connectivity index (χ1v) is 8.13. The number of nitrogens with zero attached hydrogens (tertiary/aromatic N) is 1. The molecular formula is C19H18N2O7. The minimum atomic E-state index is -0.545. The number of rotatable bonds is 6. The van der Waals surface area contributed by atoms with Gasteiger partial charge < -0.3 is 24.3 Å². The second-order valence-electron chi connectivity index (χ2n) is 5.79. The predicted octanol–water partition coefficient (Wildman–Crippen LogP) is 3.12. The Balaban J connectivity index is 2.20. The lowest BCUT2D eigenvalue weighted by atomic mass is 10.0. The summed E-state index contributed by atoms with van der Waals surface area (Å²) in [5.74, 6) is 1.03. The molecule has 146 valence electrons. The number of hydrogen-bond acceptors (Lipinski definition) is 7. The van der Waals surface area contributed by atoms with E-state index in [9.17, 15) is 14.9 Å². The number of carbonyl (C=O) groups excluding carboxylic acids is 1. The second-order valence-corrected chi connectivity index (χ2v) is 5.79. The maximum absolute atomic E-state index is 12.5. The Bertz CT molecular complexity index is 998. The van der Waals surface area contributed by atoms with Gasteiger partial charge in [-0.2, -0.15) is 0 Å². The second kappa shape index (κ2) is 7.47. The van der Waals surface area contributed by atoms with Gasteiger partial charge in [-0.1, -0.05) is 0 Å². The van der Waals surface area contributed by atoms with Crippen molar-refractivity contribution in [3.63, 3.8) is 0 Å². The summed E-state index contributed by atoms with van der Waals surface area (Å²) >= 11 is 0. The number of hydrogen-bond donors (Lipinski definition) is 1. The zero-order chi connectivity index (χ0) is 20.4. The average Bonchev–Trinajstić information content (AvgIpc) is 3.00. The van der Waals surface area contributed by atoms with Crippen LogP contribution in [0.2, 0.25) is 0 Å². The highest BCUT2D eigenvalue weighted by atomic mass is 16.6. The van der Waals surface area contributed by atoms with E-state index in [1.54, 1.807) is 12.1 Å². The molecule has 0 saturated carbocycles. The highest BCUT2D eigenvalue weighted by Gasteiger charge is 2.28. The zero-order valence-electron chi connectivity index (χ0n) is 15.7. The molecule has 0 aromatic heterocycles. The van der Waals surface area contributed by atoms with E-state index in [0.29, 0.717) is 28.5 Å². The smallest absolute Gasteiger partial charge is 0.280 e. The number of ether oxygens (including phenoxy) is 4. The quantitative estimate of drug-likeness (QED) is 0.461. The molecule has 0 spiro atoms. The van der Waals surface area contributed by atoms with E-state index < -0.39 is 10.8 Å². The highest BCUT2D eigenvalue weighted by molar-refractivity contribution is 6.35. The summed E-state index contributed by atoms with van der Waals surface area (Å²) < 4.78 is 20.9. The highest BCUT2D eigenvalue weighted by Crippen LogP contribution is 2.42. The van der Waals surface area contributed by atoms with Gasteiger partial charge in [0.15, 0.2) is 23.0 Å². The predicted molar refractivity (Wildman–Crippen MR) is 102 cm³/mol. The molecule has 0 bridgehead atoms. The number of nitro benzene ring substituents is 1. The lowest BCUT2D eigenvalue weighted by molar-refractivity contribution is -0.385. The number of amides is 1. The van der Waals surface area contributed by atoms with E-state index in [0.717, 1.165) is 0 Å². The molecule has 1 aliphatic heterocycles. The number of benzene rings is 2. The molecule has 1 amide bonds. The first kappa shape index (κ1) is 19.0. The minimum absolute atomic E-state index is 0.204. The fourth-order valence-corrected chi connectivity index (χ4v) is 2.97. The number of nitrogens with one attached hydrogen (secondary N) is 1. The Labute approximate surface area is 160 Å². The number of nitro groups is 1. The molecule has 28 heavy (non-hydrogen) atoms. The maximum Gasteiger partial charge on any atom is 0.280 e. The Morgan fingerprint density at radius 2 is 1.43 bits per heavy atom. The van der Waals surface area contributed by atoms with Gasteiger partial charge in [0.2, 0.25) is 0 Å². The number of anilines is 1. The average molecular weight is 386 g/mol. The Morgan fingerprint density at radius 3 is 2.00 bits per heavy atom. The SMILES string of the molecule is COc1cc(C=C2C(=O)Nc3cc(OC)c(OC)cc32)c([N+](=O)[O-])cc1OC. The van der Waals surface area contributed by atoms with Gasteiger partial charge in [-0.15, -0.1) is 0 Å². The van der Waals surface area contributed by atoms with Crippen LogP contribution in [0.25, 0.3) is 11.6 Å². The Morgan fingerprint density at radius 1 is 0.893 bits per heavy atom. The summed E-state index contributed by atoms with van der Waals surface area (Å²) in [6.07, 6.45) is 1.44. The summed E-state index contributed by atoms with van der Waals surface area (Å²) in [5, 5.41) is 14.2. The van der Waals surface area contributed by atoms with E-state index in [4.69, 9.17) is 18.9 Å². The van der Waals surface area contributed by atoms with Crippen LogP contribution in [-0.4, -0.2) is 39.3 Å². The van der Waals surface area contributed by atoms with Crippen molar-refractivity contribution < 1.29 is 28.7 Å². The first-order chi connectivity index (χ1) is 13.4. The van der Waals surface area contributed by atoms with E-state index in [1.807, 2.05) is 0 Å². The molecule has 1 heterocycles. The van der Waals surface area contributed by atoms with Crippen molar-refractivity contribution in [3.8, 4) is 23.0 Å². The van der Waals surface area contributed by atoms with Gasteiger partial charge in [0.25, 0.3) is 11.6 Å². The fourth-order valence-electron chi connectivity index (χ4n) is 2.97. The monoisotopic (exact) mass is 386 g/mol. The summed E-state index contributed by atoms with van der Waals surface area (Å²) in [7, 11) is 5.79. The molecule has 0 aliphatic carbocycles. The van der Waals surface area contributed by atoms with Crippen LogP contribution >= 0.6 is 0 Å². The fraction of sp³-hybridized carbons (Fsp3) is 0.211. The van der Waals surface area contributed by atoms with Gasteiger partial charge in [-0.3, -0.25) is 14.9 Å². The van der Waals surface area contributed by atoms with Crippen LogP contribution in [0.15, 0.2) is 24.3 Å². The van der Waals surface area contributed by atoms with Crippen LogP contribution in [-0.2, 0) is 4.79 Å². The van der Waals surface area contributed by atoms with Gasteiger partial charge in [-0.05, 0) is 18.2 Å². The van der Waals surface area contributed by atoms with Crippen molar-refractivity contribution in [3.05, 3.63) is 45.5 Å². The molecule has 1 aliphatic rings. The van der Waals surface area contributed by atoms with Gasteiger partial charge in [0, 0.05) is 17.2 Å². The zero-order valence-corrected chi connectivity index (χ0v) is 15.7. The summed E-state index contributed by atoms with van der Waals surface area (Å²) in [4.78, 5) is 23.5. The molecule has 0 unspecified atom stereocenters. The summed E-state index contributed by atoms with van der Waals surface area (Å²) in [6, 6.07) is 5.99. The van der Waals surface area contributed by atoms with E-state index in [1.165, 1.54) is 46.6 Å². The first-order valence-electron chi connectivity index (χ1n) is 8.13. The van der Waals surface area contributed by atoms with Crippen molar-refractivity contribution in [2.45, 2.75) is 0 Å². The van der Waals surface area contributed by atoms with Crippen LogP contribution in [0, 0.1) is 10.1 Å². The van der Waals surface area contributed by atoms with Crippen LogP contribution in [0.4, 0.5) is 11.4 Å². The van der Waals surface area contributed by atoms with Crippen molar-refractivity contribution >= 4 is 28.9 Å². The van der Waals surface area contributed by atoms with Crippen LogP contribution in [0.3, 0.4) is 0 Å². The summed E-state index contributed by atoms with van der Waals surface area (Å²) in [5.41, 5.74) is 1.32. The van der Waals surface area contributed by atoms with Crippen molar-refractivity contribution in [1.29, 1.82) is 0 Å². The van der Waals surface area contributed by atoms with Crippen LogP contribution in [0.1, 0.15) is 11.1 Å². The third-order valence-corrected chi connectivity index (χ3v) is 4.34. The van der Waals surface area contributed by atoms with Crippen molar-refractivity contribution in [2.24, 2.45) is 0 Å². The summed E-state index contributed by atoms with van der Waals surface area (Å²) in [6.45, 7) is 0. The van der Waals surface area contributed by atoms with Gasteiger partial charge in [0.05, 0.1) is 50.7 Å². The molecule has 3 rings (SSSR count). The lowest BCUT2D eigenvalue weighted by Crippen LogP contribution is -2.04. The van der Waals surface area contributed by atoms with E-state index in [2.05, 4.69) is 5.32 Å². The largest absolute Gasteiger partial charge is 0.493 e. The topological polar surface area (TPSA) is 109 Å². The molecule has 9 nitrogen and oxygen atoms in total. The lowest BCUT2D eigenvalue weighted by Gasteiger charge is -2.10. The third kappa shape index (κ3) is 3.18. The maximum atomic E-state index is 12.5. The van der Waals surface area contributed by atoms with Crippen LogP contribution in [0.5, 0.6) is 23.0 Å². The normalized spacial score (nSPS) is 13.7. The number of fused-ring (bicyclic) bond motifs is 1. The van der Waals surface area contributed by atoms with Crippen molar-refractivity contribution in [1.82, 2.24) is 0 Å². The van der Waals surface area contributed by atoms with E-state index >= 15 is 0 Å². The minimum Gasteiger partial charge on any atom is -0.493 e. The van der Waals surface area contributed by atoms with Gasteiger partial charge in [0.1, 0.15) is 0 Å². The number of methoxy groups -OCH3 is 4. The van der Waals surface area contributed by atoms with Gasteiger partial charge >= 0.3 is 0 Å². The molecule has 2 aromatic carbocycles. The number of carbonyl (C=O) groups is 1. The molecule has 2 aromatic rings. The molecule has 1 N–H and O–H groups in total. The molecule has 0 atom stereocenters. The van der Waals surface area contributed by atoms with Crippen molar-refractivity contribution in [2.75, 3.05) is 33.8 Å². The van der Waals surface area contributed by atoms with Crippen LogP contribution < -0.4 is 24.3 Å². The Kier molecular flexibility index (Phi) is 5.08. The molecule has 0 saturated heterocycles. The van der Waals surface area contributed by atoms with Gasteiger partial charge in [-0.25, -0.2) is 0 Å². The van der Waals surface area contributed by atoms with E-state index in [-0.39, 0.29) is 22.6 Å². The Hall–Kier alpha value is -3.75.